The van der Waals surface area contributed by atoms with Crippen LogP contribution in [0.4, 0.5) is 5.69 Å². The predicted octanol–water partition coefficient (Wildman–Crippen LogP) is 1.95. The van der Waals surface area contributed by atoms with Gasteiger partial charge in [-0.05, 0) is 33.6 Å². The zero-order valence-corrected chi connectivity index (χ0v) is 8.64. The van der Waals surface area contributed by atoms with Crippen LogP contribution in [0.15, 0.2) is 16.6 Å². The molecule has 1 aromatic carbocycles. The third-order valence-corrected chi connectivity index (χ3v) is 2.62. The number of amides is 1. The van der Waals surface area contributed by atoms with Gasteiger partial charge in [0.2, 0.25) is 5.91 Å². The Labute approximate surface area is 84.2 Å². The van der Waals surface area contributed by atoms with Crippen molar-refractivity contribution in [3.8, 4) is 5.75 Å². The Morgan fingerprint density at radius 1 is 1.54 bits per heavy atom. The Balaban J connectivity index is 2.50. The molecule has 0 saturated heterocycles. The van der Waals surface area contributed by atoms with Crippen LogP contribution in [0.25, 0.3) is 0 Å². The molecule has 1 aliphatic rings. The van der Waals surface area contributed by atoms with Gasteiger partial charge in [-0.15, -0.1) is 0 Å². The molecular weight excluding hydrogens is 234 g/mol. The van der Waals surface area contributed by atoms with Gasteiger partial charge in [-0.3, -0.25) is 4.79 Å². The summed E-state index contributed by atoms with van der Waals surface area (Å²) in [7, 11) is 1.61. The number of halogens is 1. The number of fused-ring (bicyclic) bond motifs is 1. The second-order valence-electron chi connectivity index (χ2n) is 2.87. The lowest BCUT2D eigenvalue weighted by Crippen LogP contribution is -2.03. The number of rotatable bonds is 1. The van der Waals surface area contributed by atoms with E-state index in [1.807, 2.05) is 12.1 Å². The van der Waals surface area contributed by atoms with Crippen molar-refractivity contribution in [2.75, 3.05) is 12.4 Å². The lowest BCUT2D eigenvalue weighted by molar-refractivity contribution is -0.115. The van der Waals surface area contributed by atoms with E-state index in [4.69, 9.17) is 4.74 Å². The SMILES string of the molecule is COc1cc2c(cc1Br)NC(=O)C2. The van der Waals surface area contributed by atoms with Gasteiger partial charge in [-0.2, -0.15) is 0 Å². The van der Waals surface area contributed by atoms with Gasteiger partial charge in [0.1, 0.15) is 5.75 Å². The molecular formula is C9H8BrNO2. The highest BCUT2D eigenvalue weighted by Crippen LogP contribution is 2.34. The van der Waals surface area contributed by atoms with E-state index in [2.05, 4.69) is 21.2 Å². The topological polar surface area (TPSA) is 38.3 Å². The molecule has 0 saturated carbocycles. The maximum atomic E-state index is 11.0. The summed E-state index contributed by atoms with van der Waals surface area (Å²) in [6.07, 6.45) is 0.443. The van der Waals surface area contributed by atoms with Gasteiger partial charge < -0.3 is 10.1 Å². The molecule has 1 N–H and O–H groups in total. The highest BCUT2D eigenvalue weighted by atomic mass is 79.9. The molecule has 1 aromatic rings. The largest absolute Gasteiger partial charge is 0.496 e. The lowest BCUT2D eigenvalue weighted by atomic mass is 10.1. The molecule has 0 radical (unpaired) electrons. The van der Waals surface area contributed by atoms with Crippen LogP contribution >= 0.6 is 15.9 Å². The van der Waals surface area contributed by atoms with E-state index >= 15 is 0 Å². The summed E-state index contributed by atoms with van der Waals surface area (Å²) in [4.78, 5) is 11.0. The summed E-state index contributed by atoms with van der Waals surface area (Å²) in [5.41, 5.74) is 1.86. The number of benzene rings is 1. The first-order chi connectivity index (χ1) is 6.20. The molecule has 0 bridgehead atoms. The first-order valence-corrected chi connectivity index (χ1v) is 4.66. The molecule has 1 heterocycles. The third kappa shape index (κ3) is 1.42. The standard InChI is InChI=1S/C9H8BrNO2/c1-13-8-2-5-3-9(12)11-7(5)4-6(8)10/h2,4H,3H2,1H3,(H,11,12). The molecule has 2 rings (SSSR count). The van der Waals surface area contributed by atoms with E-state index in [0.29, 0.717) is 6.42 Å². The third-order valence-electron chi connectivity index (χ3n) is 2.00. The molecule has 0 fully saturated rings. The van der Waals surface area contributed by atoms with Crippen molar-refractivity contribution >= 4 is 27.5 Å². The molecule has 3 nitrogen and oxygen atoms in total. The summed E-state index contributed by atoms with van der Waals surface area (Å²) in [5, 5.41) is 2.77. The normalized spacial score (nSPS) is 13.8. The summed E-state index contributed by atoms with van der Waals surface area (Å²) in [6.45, 7) is 0. The molecule has 1 amide bonds. The van der Waals surface area contributed by atoms with Crippen LogP contribution in [-0.4, -0.2) is 13.0 Å². The van der Waals surface area contributed by atoms with Crippen molar-refractivity contribution in [2.24, 2.45) is 0 Å². The Bertz CT molecular complexity index is 376. The predicted molar refractivity (Wildman–Crippen MR) is 53.0 cm³/mol. The van der Waals surface area contributed by atoms with Crippen molar-refractivity contribution in [1.82, 2.24) is 0 Å². The number of carbonyl (C=O) groups is 1. The molecule has 1 aliphatic heterocycles. The molecule has 68 valence electrons. The van der Waals surface area contributed by atoms with Crippen molar-refractivity contribution < 1.29 is 9.53 Å². The number of hydrogen-bond donors (Lipinski definition) is 1. The first kappa shape index (κ1) is 8.56. The Hall–Kier alpha value is -1.03. The summed E-state index contributed by atoms with van der Waals surface area (Å²) in [6, 6.07) is 3.73. The average molecular weight is 242 g/mol. The van der Waals surface area contributed by atoms with Crippen LogP contribution in [0.3, 0.4) is 0 Å². The summed E-state index contributed by atoms with van der Waals surface area (Å²) >= 11 is 3.35. The van der Waals surface area contributed by atoms with Crippen LogP contribution in [-0.2, 0) is 11.2 Å². The average Bonchev–Trinajstić information content (AvgIpc) is 2.42. The highest BCUT2D eigenvalue weighted by Gasteiger charge is 2.19. The molecule has 0 aromatic heterocycles. The van der Waals surface area contributed by atoms with Gasteiger partial charge in [0, 0.05) is 5.69 Å². The van der Waals surface area contributed by atoms with Gasteiger partial charge in [0.05, 0.1) is 18.0 Å². The van der Waals surface area contributed by atoms with Crippen LogP contribution in [0, 0.1) is 0 Å². The molecule has 0 spiro atoms. The summed E-state index contributed by atoms with van der Waals surface area (Å²) in [5.74, 6) is 0.797. The van der Waals surface area contributed by atoms with E-state index < -0.39 is 0 Å². The molecule has 4 heteroatoms. The van der Waals surface area contributed by atoms with Gasteiger partial charge >= 0.3 is 0 Å². The maximum Gasteiger partial charge on any atom is 0.228 e. The number of ether oxygens (including phenoxy) is 1. The van der Waals surface area contributed by atoms with Crippen molar-refractivity contribution in [1.29, 1.82) is 0 Å². The number of methoxy groups -OCH3 is 1. The van der Waals surface area contributed by atoms with Crippen molar-refractivity contribution in [3.05, 3.63) is 22.2 Å². The second-order valence-corrected chi connectivity index (χ2v) is 3.72. The van der Waals surface area contributed by atoms with Crippen molar-refractivity contribution in [3.63, 3.8) is 0 Å². The smallest absolute Gasteiger partial charge is 0.228 e. The van der Waals surface area contributed by atoms with E-state index in [1.165, 1.54) is 0 Å². The fourth-order valence-corrected chi connectivity index (χ4v) is 1.89. The number of hydrogen-bond acceptors (Lipinski definition) is 2. The van der Waals surface area contributed by atoms with Gasteiger partial charge in [-0.25, -0.2) is 0 Å². The highest BCUT2D eigenvalue weighted by molar-refractivity contribution is 9.10. The Morgan fingerprint density at radius 3 is 3.00 bits per heavy atom. The number of nitrogens with one attached hydrogen (secondary N) is 1. The minimum Gasteiger partial charge on any atom is -0.496 e. The number of carbonyl (C=O) groups excluding carboxylic acids is 1. The van der Waals surface area contributed by atoms with Crippen LogP contribution < -0.4 is 10.1 Å². The monoisotopic (exact) mass is 241 g/mol. The van der Waals surface area contributed by atoms with Gasteiger partial charge in [-0.1, -0.05) is 0 Å². The quantitative estimate of drug-likeness (QED) is 0.817. The molecule has 0 unspecified atom stereocenters. The van der Waals surface area contributed by atoms with Crippen molar-refractivity contribution in [2.45, 2.75) is 6.42 Å². The lowest BCUT2D eigenvalue weighted by Gasteiger charge is -2.05. The van der Waals surface area contributed by atoms with E-state index in [1.54, 1.807) is 7.11 Å². The van der Waals surface area contributed by atoms with E-state index in [-0.39, 0.29) is 5.91 Å². The van der Waals surface area contributed by atoms with Crippen LogP contribution in [0.1, 0.15) is 5.56 Å². The molecule has 0 atom stereocenters. The first-order valence-electron chi connectivity index (χ1n) is 3.87. The fourth-order valence-electron chi connectivity index (χ4n) is 1.38. The van der Waals surface area contributed by atoms with E-state index in [9.17, 15) is 4.79 Å². The Morgan fingerprint density at radius 2 is 2.31 bits per heavy atom. The minimum absolute atomic E-state index is 0.0372. The van der Waals surface area contributed by atoms with Crippen LogP contribution in [0.5, 0.6) is 5.75 Å². The molecule has 0 aliphatic carbocycles. The van der Waals surface area contributed by atoms with Gasteiger partial charge in [0.25, 0.3) is 0 Å². The zero-order valence-electron chi connectivity index (χ0n) is 7.06. The zero-order chi connectivity index (χ0) is 9.42. The Kier molecular flexibility index (Phi) is 2.00. The fraction of sp³-hybridized carbons (Fsp3) is 0.222. The minimum atomic E-state index is 0.0372. The number of anilines is 1. The summed E-state index contributed by atoms with van der Waals surface area (Å²) < 4.78 is 5.98. The van der Waals surface area contributed by atoms with Crippen LogP contribution in [0.2, 0.25) is 0 Å². The maximum absolute atomic E-state index is 11.0. The van der Waals surface area contributed by atoms with Gasteiger partial charge in [0.15, 0.2) is 0 Å². The second kappa shape index (κ2) is 3.03. The van der Waals surface area contributed by atoms with E-state index in [0.717, 1.165) is 21.5 Å². The molecule has 13 heavy (non-hydrogen) atoms.